The molecule has 1 N–H and O–H groups in total. The van der Waals surface area contributed by atoms with Gasteiger partial charge in [0.1, 0.15) is 5.56 Å². The number of carbonyl (C=O) groups excluding carboxylic acids is 1. The van der Waals surface area contributed by atoms with Crippen LogP contribution in [0, 0.1) is 6.92 Å². The molecule has 1 atom stereocenters. The molecule has 2 aliphatic rings. The summed E-state index contributed by atoms with van der Waals surface area (Å²) in [5.74, 6) is -0.279. The third kappa shape index (κ3) is 4.75. The molecule has 0 aliphatic carbocycles. The molecule has 4 rings (SSSR count). The largest absolute Gasteiger partial charge is 0.376 e. The van der Waals surface area contributed by atoms with E-state index in [9.17, 15) is 9.59 Å². The molecule has 1 amide bonds. The Labute approximate surface area is 184 Å². The molecule has 1 unspecified atom stereocenters. The maximum atomic E-state index is 13.2. The van der Waals surface area contributed by atoms with Crippen LogP contribution in [0.1, 0.15) is 47.2 Å². The molecule has 6 heteroatoms. The summed E-state index contributed by atoms with van der Waals surface area (Å²) in [6.45, 7) is 5.58. The Morgan fingerprint density at radius 3 is 2.61 bits per heavy atom. The van der Waals surface area contributed by atoms with Crippen LogP contribution in [0.2, 0.25) is 0 Å². The Bertz CT molecular complexity index is 956. The number of hydrogen-bond acceptors (Lipinski definition) is 4. The molecular formula is C25H33N3O3. The molecule has 1 aromatic carbocycles. The number of nitrogens with zero attached hydrogens (tertiary/aromatic N) is 2. The van der Waals surface area contributed by atoms with Crippen LogP contribution in [-0.2, 0) is 16.7 Å². The van der Waals surface area contributed by atoms with Crippen LogP contribution in [0.25, 0.3) is 0 Å². The molecule has 2 aliphatic heterocycles. The van der Waals surface area contributed by atoms with E-state index >= 15 is 0 Å². The lowest BCUT2D eigenvalue weighted by atomic mass is 9.72. The van der Waals surface area contributed by atoms with E-state index in [0.717, 1.165) is 45.4 Å². The molecule has 1 aromatic heterocycles. The normalized spacial score (nSPS) is 21.2. The molecule has 3 heterocycles. The van der Waals surface area contributed by atoms with Crippen LogP contribution in [0.3, 0.4) is 0 Å². The van der Waals surface area contributed by atoms with Crippen molar-refractivity contribution in [3.8, 4) is 0 Å². The van der Waals surface area contributed by atoms with Gasteiger partial charge in [0.2, 0.25) is 0 Å². The average Bonchev–Trinajstić information content (AvgIpc) is 3.30. The van der Waals surface area contributed by atoms with Crippen molar-refractivity contribution in [3.63, 3.8) is 0 Å². The molecule has 166 valence electrons. The SMILES string of the molecule is Cc1ccn(CC2CCCO2)c(=O)c1C(=O)NCC1(c2ccccc2)CCN(C)CC1. The fraction of sp³-hybridized carbons (Fsp3) is 0.520. The lowest BCUT2D eigenvalue weighted by Crippen LogP contribution is -2.48. The summed E-state index contributed by atoms with van der Waals surface area (Å²) in [6, 6.07) is 12.3. The van der Waals surface area contributed by atoms with Gasteiger partial charge in [0.25, 0.3) is 11.5 Å². The second kappa shape index (κ2) is 9.37. The molecule has 2 saturated heterocycles. The quantitative estimate of drug-likeness (QED) is 0.776. The number of aromatic nitrogens is 1. The third-order valence-electron chi connectivity index (χ3n) is 6.94. The number of ether oxygens (including phenoxy) is 1. The first-order valence-corrected chi connectivity index (χ1v) is 11.3. The van der Waals surface area contributed by atoms with Crippen LogP contribution < -0.4 is 10.9 Å². The molecular weight excluding hydrogens is 390 g/mol. The van der Waals surface area contributed by atoms with E-state index in [2.05, 4.69) is 41.5 Å². The first kappa shape index (κ1) is 21.8. The predicted octanol–water partition coefficient (Wildman–Crippen LogP) is 2.73. The summed E-state index contributed by atoms with van der Waals surface area (Å²) in [4.78, 5) is 28.6. The number of carbonyl (C=O) groups is 1. The van der Waals surface area contributed by atoms with Gasteiger partial charge >= 0.3 is 0 Å². The van der Waals surface area contributed by atoms with E-state index in [1.807, 2.05) is 19.1 Å². The first-order valence-electron chi connectivity index (χ1n) is 11.3. The predicted molar refractivity (Wildman–Crippen MR) is 122 cm³/mol. The standard InChI is InChI=1S/C25H33N3O3/c1-19-10-13-28(17-21-9-6-16-31-21)24(30)22(19)23(29)26-18-25(11-14-27(2)15-12-25)20-7-4-3-5-8-20/h3-5,7-8,10,13,21H,6,9,11-12,14-18H2,1-2H3,(H,26,29). The molecule has 0 spiro atoms. The van der Waals surface area contributed by atoms with Gasteiger partial charge in [0, 0.05) is 24.8 Å². The summed E-state index contributed by atoms with van der Waals surface area (Å²) >= 11 is 0. The highest BCUT2D eigenvalue weighted by Crippen LogP contribution is 2.34. The maximum Gasteiger partial charge on any atom is 0.263 e. The fourth-order valence-corrected chi connectivity index (χ4v) is 4.84. The number of hydrogen-bond donors (Lipinski definition) is 1. The van der Waals surface area contributed by atoms with Crippen molar-refractivity contribution in [3.05, 3.63) is 69.6 Å². The van der Waals surface area contributed by atoms with Crippen LogP contribution in [-0.4, -0.2) is 54.8 Å². The average molecular weight is 424 g/mol. The van der Waals surface area contributed by atoms with Crippen LogP contribution in [0.4, 0.5) is 0 Å². The minimum Gasteiger partial charge on any atom is -0.376 e. The Balaban J connectivity index is 1.53. The highest BCUT2D eigenvalue weighted by molar-refractivity contribution is 5.95. The lowest BCUT2D eigenvalue weighted by molar-refractivity contribution is 0.0912. The van der Waals surface area contributed by atoms with E-state index in [4.69, 9.17) is 4.74 Å². The zero-order valence-electron chi connectivity index (χ0n) is 18.6. The number of rotatable bonds is 6. The van der Waals surface area contributed by atoms with Gasteiger partial charge in [-0.15, -0.1) is 0 Å². The van der Waals surface area contributed by atoms with Crippen LogP contribution >= 0.6 is 0 Å². The molecule has 0 bridgehead atoms. The summed E-state index contributed by atoms with van der Waals surface area (Å²) in [7, 11) is 2.14. The van der Waals surface area contributed by atoms with Crippen molar-refractivity contribution >= 4 is 5.91 Å². The van der Waals surface area contributed by atoms with Crippen molar-refractivity contribution in [2.75, 3.05) is 33.3 Å². The van der Waals surface area contributed by atoms with Gasteiger partial charge in [-0.05, 0) is 69.9 Å². The number of amides is 1. The fourth-order valence-electron chi connectivity index (χ4n) is 4.84. The number of likely N-dealkylation sites (tertiary alicyclic amines) is 1. The summed E-state index contributed by atoms with van der Waals surface area (Å²) < 4.78 is 7.30. The van der Waals surface area contributed by atoms with Crippen molar-refractivity contribution in [2.24, 2.45) is 0 Å². The Hall–Kier alpha value is -2.44. The molecule has 31 heavy (non-hydrogen) atoms. The summed E-state index contributed by atoms with van der Waals surface area (Å²) in [5, 5.41) is 3.12. The Morgan fingerprint density at radius 1 is 1.19 bits per heavy atom. The molecule has 6 nitrogen and oxygen atoms in total. The summed E-state index contributed by atoms with van der Waals surface area (Å²) in [6.07, 6.45) is 5.76. The van der Waals surface area contributed by atoms with Gasteiger partial charge in [0.15, 0.2) is 0 Å². The van der Waals surface area contributed by atoms with Gasteiger partial charge in [-0.3, -0.25) is 9.59 Å². The molecule has 0 saturated carbocycles. The topological polar surface area (TPSA) is 63.6 Å². The number of nitrogens with one attached hydrogen (secondary N) is 1. The van der Waals surface area contributed by atoms with Gasteiger partial charge in [0.05, 0.1) is 12.6 Å². The zero-order valence-corrected chi connectivity index (χ0v) is 18.6. The molecule has 2 fully saturated rings. The molecule has 0 radical (unpaired) electrons. The highest BCUT2D eigenvalue weighted by atomic mass is 16.5. The van der Waals surface area contributed by atoms with E-state index in [1.54, 1.807) is 10.8 Å². The minimum atomic E-state index is -0.279. The van der Waals surface area contributed by atoms with E-state index in [1.165, 1.54) is 5.56 Å². The van der Waals surface area contributed by atoms with E-state index in [-0.39, 0.29) is 28.5 Å². The van der Waals surface area contributed by atoms with Gasteiger partial charge in [-0.25, -0.2) is 0 Å². The Kier molecular flexibility index (Phi) is 6.58. The number of benzene rings is 1. The van der Waals surface area contributed by atoms with E-state index in [0.29, 0.717) is 18.7 Å². The van der Waals surface area contributed by atoms with Gasteiger partial charge < -0.3 is 19.5 Å². The van der Waals surface area contributed by atoms with Crippen molar-refractivity contribution in [1.82, 2.24) is 14.8 Å². The smallest absolute Gasteiger partial charge is 0.263 e. The zero-order chi connectivity index (χ0) is 21.8. The summed E-state index contributed by atoms with van der Waals surface area (Å²) in [5.41, 5.74) is 1.87. The van der Waals surface area contributed by atoms with Crippen LogP contribution in [0.15, 0.2) is 47.4 Å². The molecule has 2 aromatic rings. The second-order valence-electron chi connectivity index (χ2n) is 9.10. The van der Waals surface area contributed by atoms with Crippen molar-refractivity contribution in [1.29, 1.82) is 0 Å². The minimum absolute atomic E-state index is 0.0527. The first-order chi connectivity index (χ1) is 15.0. The second-order valence-corrected chi connectivity index (χ2v) is 9.10. The van der Waals surface area contributed by atoms with Gasteiger partial charge in [-0.2, -0.15) is 0 Å². The van der Waals surface area contributed by atoms with Crippen molar-refractivity contribution in [2.45, 2.75) is 50.7 Å². The number of piperidine rings is 1. The van der Waals surface area contributed by atoms with E-state index < -0.39 is 0 Å². The monoisotopic (exact) mass is 423 g/mol. The van der Waals surface area contributed by atoms with Crippen LogP contribution in [0.5, 0.6) is 0 Å². The van der Waals surface area contributed by atoms with Gasteiger partial charge in [-0.1, -0.05) is 30.3 Å². The number of aryl methyl sites for hydroxylation is 1. The Morgan fingerprint density at radius 2 is 1.94 bits per heavy atom. The highest BCUT2D eigenvalue weighted by Gasteiger charge is 2.36. The number of pyridine rings is 1. The maximum absolute atomic E-state index is 13.2. The van der Waals surface area contributed by atoms with Crippen molar-refractivity contribution < 1.29 is 9.53 Å². The lowest BCUT2D eigenvalue weighted by Gasteiger charge is -2.41. The third-order valence-corrected chi connectivity index (χ3v) is 6.94.